The molecule has 0 fully saturated rings. The Bertz CT molecular complexity index is 487. The molecule has 2 aromatic rings. The Kier molecular flexibility index (Phi) is 3.30. The molecule has 4 heteroatoms. The molecular weight excluding hydrogens is 244 g/mol. The molecule has 0 saturated heterocycles. The third-order valence-corrected chi connectivity index (χ3v) is 3.87. The SMILES string of the molecule is CC(NCC1Cc2ccccc2O1)c1cscn1. The van der Waals surface area contributed by atoms with Crippen molar-refractivity contribution >= 4 is 11.3 Å². The normalized spacial score (nSPS) is 19.3. The summed E-state index contributed by atoms with van der Waals surface area (Å²) in [6.07, 6.45) is 1.23. The molecule has 0 bridgehead atoms. The van der Waals surface area contributed by atoms with Crippen molar-refractivity contribution in [2.24, 2.45) is 0 Å². The van der Waals surface area contributed by atoms with Gasteiger partial charge in [-0.15, -0.1) is 11.3 Å². The third kappa shape index (κ3) is 2.40. The fraction of sp³-hybridized carbons (Fsp3) is 0.357. The van der Waals surface area contributed by atoms with Crippen LogP contribution >= 0.6 is 11.3 Å². The summed E-state index contributed by atoms with van der Waals surface area (Å²) in [7, 11) is 0. The maximum absolute atomic E-state index is 5.89. The molecule has 0 saturated carbocycles. The van der Waals surface area contributed by atoms with E-state index in [2.05, 4.69) is 34.7 Å². The highest BCUT2D eigenvalue weighted by Gasteiger charge is 2.22. The number of thiazole rings is 1. The molecule has 1 aliphatic rings. The molecule has 0 spiro atoms. The van der Waals surface area contributed by atoms with E-state index in [1.54, 1.807) is 11.3 Å². The summed E-state index contributed by atoms with van der Waals surface area (Å²) >= 11 is 1.63. The van der Waals surface area contributed by atoms with Crippen molar-refractivity contribution in [1.82, 2.24) is 10.3 Å². The van der Waals surface area contributed by atoms with Crippen LogP contribution in [-0.4, -0.2) is 17.6 Å². The molecule has 3 rings (SSSR count). The fourth-order valence-electron chi connectivity index (χ4n) is 2.22. The van der Waals surface area contributed by atoms with Gasteiger partial charge in [0, 0.05) is 24.4 Å². The van der Waals surface area contributed by atoms with Gasteiger partial charge in [0.2, 0.25) is 0 Å². The minimum Gasteiger partial charge on any atom is -0.488 e. The third-order valence-electron chi connectivity index (χ3n) is 3.26. The average Bonchev–Trinajstić information content (AvgIpc) is 3.04. The number of hydrogen-bond donors (Lipinski definition) is 1. The Balaban J connectivity index is 1.54. The first kappa shape index (κ1) is 11.7. The molecule has 1 N–H and O–H groups in total. The zero-order valence-electron chi connectivity index (χ0n) is 10.3. The largest absolute Gasteiger partial charge is 0.488 e. The zero-order valence-corrected chi connectivity index (χ0v) is 11.1. The molecule has 2 unspecified atom stereocenters. The molecule has 0 amide bonds. The van der Waals surface area contributed by atoms with Crippen molar-refractivity contribution in [1.29, 1.82) is 0 Å². The van der Waals surface area contributed by atoms with E-state index >= 15 is 0 Å². The van der Waals surface area contributed by atoms with Crippen molar-refractivity contribution in [2.45, 2.75) is 25.5 Å². The lowest BCUT2D eigenvalue weighted by Crippen LogP contribution is -2.32. The molecule has 94 valence electrons. The Labute approximate surface area is 111 Å². The van der Waals surface area contributed by atoms with Gasteiger partial charge in [-0.05, 0) is 18.6 Å². The Morgan fingerprint density at radius 3 is 3.17 bits per heavy atom. The zero-order chi connectivity index (χ0) is 12.4. The van der Waals surface area contributed by atoms with Gasteiger partial charge in [0.05, 0.1) is 11.2 Å². The van der Waals surface area contributed by atoms with E-state index in [9.17, 15) is 0 Å². The smallest absolute Gasteiger partial charge is 0.123 e. The number of nitrogens with zero attached hydrogens (tertiary/aromatic N) is 1. The summed E-state index contributed by atoms with van der Waals surface area (Å²) in [5, 5.41) is 5.57. The molecule has 2 atom stereocenters. The van der Waals surface area contributed by atoms with Gasteiger partial charge >= 0.3 is 0 Å². The maximum Gasteiger partial charge on any atom is 0.123 e. The second-order valence-electron chi connectivity index (χ2n) is 4.59. The lowest BCUT2D eigenvalue weighted by atomic mass is 10.1. The number of rotatable bonds is 4. The lowest BCUT2D eigenvalue weighted by Gasteiger charge is -2.15. The summed E-state index contributed by atoms with van der Waals surface area (Å²) in [4.78, 5) is 4.32. The summed E-state index contributed by atoms with van der Waals surface area (Å²) in [6, 6.07) is 8.55. The highest BCUT2D eigenvalue weighted by Crippen LogP contribution is 2.28. The molecule has 3 nitrogen and oxygen atoms in total. The first-order chi connectivity index (χ1) is 8.83. The van der Waals surface area contributed by atoms with Gasteiger partial charge in [-0.1, -0.05) is 18.2 Å². The van der Waals surface area contributed by atoms with E-state index in [1.165, 1.54) is 5.56 Å². The number of hydrogen-bond acceptors (Lipinski definition) is 4. The minimum atomic E-state index is 0.239. The highest BCUT2D eigenvalue weighted by molar-refractivity contribution is 7.07. The summed E-state index contributed by atoms with van der Waals surface area (Å²) in [5.41, 5.74) is 4.29. The van der Waals surface area contributed by atoms with E-state index in [-0.39, 0.29) is 12.1 Å². The number of para-hydroxylation sites is 1. The van der Waals surface area contributed by atoms with Gasteiger partial charge in [0.25, 0.3) is 0 Å². The molecule has 18 heavy (non-hydrogen) atoms. The van der Waals surface area contributed by atoms with Crippen LogP contribution in [0.5, 0.6) is 5.75 Å². The quantitative estimate of drug-likeness (QED) is 0.918. The second kappa shape index (κ2) is 5.08. The highest BCUT2D eigenvalue weighted by atomic mass is 32.1. The van der Waals surface area contributed by atoms with Crippen LogP contribution in [-0.2, 0) is 6.42 Å². The first-order valence-corrected chi connectivity index (χ1v) is 7.13. The predicted octanol–water partition coefficient (Wildman–Crippen LogP) is 2.80. The van der Waals surface area contributed by atoms with Crippen LogP contribution in [0.15, 0.2) is 35.2 Å². The molecule has 1 aromatic heterocycles. The van der Waals surface area contributed by atoms with Crippen LogP contribution in [0.25, 0.3) is 0 Å². The van der Waals surface area contributed by atoms with Gasteiger partial charge < -0.3 is 10.1 Å². The average molecular weight is 260 g/mol. The van der Waals surface area contributed by atoms with E-state index in [1.807, 2.05) is 17.6 Å². The first-order valence-electron chi connectivity index (χ1n) is 6.19. The lowest BCUT2D eigenvalue weighted by molar-refractivity contribution is 0.222. The molecule has 1 aromatic carbocycles. The predicted molar refractivity (Wildman–Crippen MR) is 73.1 cm³/mol. The standard InChI is InChI=1S/C14H16N2OS/c1-10(13-8-18-9-16-13)15-7-12-6-11-4-2-3-5-14(11)17-12/h2-5,8-10,12,15H,6-7H2,1H3. The van der Waals surface area contributed by atoms with Crippen LogP contribution in [0.3, 0.4) is 0 Å². The Morgan fingerprint density at radius 2 is 2.39 bits per heavy atom. The Morgan fingerprint density at radius 1 is 1.50 bits per heavy atom. The van der Waals surface area contributed by atoms with Crippen LogP contribution in [0.2, 0.25) is 0 Å². The minimum absolute atomic E-state index is 0.239. The number of benzene rings is 1. The van der Waals surface area contributed by atoms with Gasteiger partial charge in [0.15, 0.2) is 0 Å². The van der Waals surface area contributed by atoms with Crippen molar-refractivity contribution in [3.63, 3.8) is 0 Å². The van der Waals surface area contributed by atoms with Crippen LogP contribution in [0, 0.1) is 0 Å². The Hall–Kier alpha value is -1.39. The number of nitrogens with one attached hydrogen (secondary N) is 1. The van der Waals surface area contributed by atoms with Crippen LogP contribution < -0.4 is 10.1 Å². The van der Waals surface area contributed by atoms with E-state index in [4.69, 9.17) is 4.74 Å². The monoisotopic (exact) mass is 260 g/mol. The molecule has 2 heterocycles. The van der Waals surface area contributed by atoms with Crippen molar-refractivity contribution in [3.8, 4) is 5.75 Å². The van der Waals surface area contributed by atoms with Gasteiger partial charge in [-0.3, -0.25) is 0 Å². The molecule has 1 aliphatic heterocycles. The molecule has 0 aliphatic carbocycles. The van der Waals surface area contributed by atoms with Gasteiger partial charge in [0.1, 0.15) is 11.9 Å². The molecule has 0 radical (unpaired) electrons. The van der Waals surface area contributed by atoms with Crippen molar-refractivity contribution in [2.75, 3.05) is 6.54 Å². The van der Waals surface area contributed by atoms with Gasteiger partial charge in [-0.2, -0.15) is 0 Å². The molecular formula is C14H16N2OS. The summed E-state index contributed by atoms with van der Waals surface area (Å²) in [5.74, 6) is 1.03. The number of fused-ring (bicyclic) bond motifs is 1. The summed E-state index contributed by atoms with van der Waals surface area (Å²) < 4.78 is 5.89. The van der Waals surface area contributed by atoms with Crippen LogP contribution in [0.1, 0.15) is 24.2 Å². The van der Waals surface area contributed by atoms with E-state index in [0.29, 0.717) is 0 Å². The summed E-state index contributed by atoms with van der Waals surface area (Å²) in [6.45, 7) is 2.99. The van der Waals surface area contributed by atoms with E-state index < -0.39 is 0 Å². The van der Waals surface area contributed by atoms with Crippen molar-refractivity contribution in [3.05, 3.63) is 46.4 Å². The van der Waals surface area contributed by atoms with Crippen molar-refractivity contribution < 1.29 is 4.74 Å². The topological polar surface area (TPSA) is 34.1 Å². The number of ether oxygens (including phenoxy) is 1. The second-order valence-corrected chi connectivity index (χ2v) is 5.31. The van der Waals surface area contributed by atoms with Gasteiger partial charge in [-0.25, -0.2) is 4.98 Å². The van der Waals surface area contributed by atoms with Crippen LogP contribution in [0.4, 0.5) is 0 Å². The maximum atomic E-state index is 5.89. The van der Waals surface area contributed by atoms with E-state index in [0.717, 1.165) is 24.4 Å². The number of aromatic nitrogens is 1. The fourth-order valence-corrected chi connectivity index (χ4v) is 2.86.